The normalized spacial score (nSPS) is 25.6. The second-order valence-electron chi connectivity index (χ2n) is 9.93. The molecule has 0 N–H and O–H groups in total. The lowest BCUT2D eigenvalue weighted by Crippen LogP contribution is -2.31. The van der Waals surface area contributed by atoms with Crippen molar-refractivity contribution in [2.45, 2.75) is 38.8 Å². The highest BCUT2D eigenvalue weighted by molar-refractivity contribution is 5.28. The van der Waals surface area contributed by atoms with Crippen LogP contribution in [0.25, 0.3) is 0 Å². The van der Waals surface area contributed by atoms with E-state index in [9.17, 15) is 0 Å². The van der Waals surface area contributed by atoms with Crippen LogP contribution in [-0.2, 0) is 17.9 Å². The number of benzene rings is 2. The summed E-state index contributed by atoms with van der Waals surface area (Å²) in [6, 6.07) is 19.0. The summed E-state index contributed by atoms with van der Waals surface area (Å²) in [5.41, 5.74) is 2.58. The molecule has 1 aliphatic carbocycles. The number of rotatable bonds is 11. The van der Waals surface area contributed by atoms with E-state index in [4.69, 9.17) is 9.47 Å². The maximum absolute atomic E-state index is 6.05. The minimum atomic E-state index is 0.622. The Morgan fingerprint density at radius 3 is 2.28 bits per heavy atom. The molecule has 0 spiro atoms. The summed E-state index contributed by atoms with van der Waals surface area (Å²) in [6.07, 6.45) is 5.38. The van der Waals surface area contributed by atoms with Crippen molar-refractivity contribution < 1.29 is 9.47 Å². The molecule has 2 aromatic carbocycles. The van der Waals surface area contributed by atoms with Gasteiger partial charge in [-0.1, -0.05) is 48.9 Å². The Labute approximate surface area is 193 Å². The van der Waals surface area contributed by atoms with Gasteiger partial charge in [-0.25, -0.2) is 0 Å². The maximum atomic E-state index is 6.05. The summed E-state index contributed by atoms with van der Waals surface area (Å²) in [4.78, 5) is 5.22. The van der Waals surface area contributed by atoms with Crippen LogP contribution in [0.2, 0.25) is 0 Å². The summed E-state index contributed by atoms with van der Waals surface area (Å²) in [6.45, 7) is 9.88. The fourth-order valence-electron chi connectivity index (χ4n) is 5.60. The van der Waals surface area contributed by atoms with E-state index in [2.05, 4.69) is 58.3 Å². The van der Waals surface area contributed by atoms with Crippen LogP contribution in [0.3, 0.4) is 0 Å². The van der Waals surface area contributed by atoms with Crippen LogP contribution >= 0.6 is 0 Å². The molecule has 2 aliphatic heterocycles. The average Bonchev–Trinajstić information content (AvgIpc) is 3.29. The summed E-state index contributed by atoms with van der Waals surface area (Å²) in [5, 5.41) is 0. The quantitative estimate of drug-likeness (QED) is 0.473. The number of hydrogen-bond acceptors (Lipinski definition) is 4. The number of ether oxygens (including phenoxy) is 2. The van der Waals surface area contributed by atoms with Gasteiger partial charge >= 0.3 is 0 Å². The van der Waals surface area contributed by atoms with E-state index in [-0.39, 0.29) is 0 Å². The Morgan fingerprint density at radius 1 is 0.781 bits per heavy atom. The van der Waals surface area contributed by atoms with Crippen molar-refractivity contribution in [3.8, 4) is 5.75 Å². The zero-order valence-electron chi connectivity index (χ0n) is 19.3. The predicted octanol–water partition coefficient (Wildman–Crippen LogP) is 4.84. The highest BCUT2D eigenvalue weighted by Gasteiger charge is 2.55. The Hall–Kier alpha value is -1.88. The van der Waals surface area contributed by atoms with Crippen LogP contribution in [0, 0.1) is 17.8 Å². The second kappa shape index (κ2) is 10.8. The van der Waals surface area contributed by atoms with E-state index in [0.29, 0.717) is 6.61 Å². The third kappa shape index (κ3) is 5.92. The maximum Gasteiger partial charge on any atom is 0.119 e. The topological polar surface area (TPSA) is 24.9 Å². The Kier molecular flexibility index (Phi) is 7.42. The second-order valence-corrected chi connectivity index (χ2v) is 9.93. The van der Waals surface area contributed by atoms with Crippen molar-refractivity contribution in [1.82, 2.24) is 9.80 Å². The van der Waals surface area contributed by atoms with E-state index in [1.165, 1.54) is 69.5 Å². The number of piperidine rings is 2. The molecule has 3 atom stereocenters. The lowest BCUT2D eigenvalue weighted by Gasteiger charge is -2.26. The Morgan fingerprint density at radius 2 is 1.53 bits per heavy atom. The number of likely N-dealkylation sites (tertiary alicyclic amines) is 2. The van der Waals surface area contributed by atoms with Crippen LogP contribution in [0.1, 0.15) is 36.8 Å². The largest absolute Gasteiger partial charge is 0.489 e. The molecule has 3 aliphatic rings. The fourth-order valence-corrected chi connectivity index (χ4v) is 5.60. The summed E-state index contributed by atoms with van der Waals surface area (Å²) < 4.78 is 12.0. The monoisotopic (exact) mass is 434 g/mol. The highest BCUT2D eigenvalue weighted by Crippen LogP contribution is 2.52. The number of hydrogen-bond donors (Lipinski definition) is 0. The van der Waals surface area contributed by atoms with E-state index in [0.717, 1.165) is 43.3 Å². The molecule has 0 aromatic heterocycles. The van der Waals surface area contributed by atoms with Gasteiger partial charge in [0, 0.05) is 32.8 Å². The number of fused-ring (bicyclic) bond motifs is 1. The van der Waals surface area contributed by atoms with Crippen molar-refractivity contribution in [2.24, 2.45) is 17.8 Å². The first-order chi connectivity index (χ1) is 15.8. The van der Waals surface area contributed by atoms with Gasteiger partial charge in [-0.15, -0.1) is 0 Å². The Bertz CT molecular complexity index is 807. The SMILES string of the molecule is c1ccc(COc2ccc(CN3C[C@@H]4[C@@H](COCCCN5CCCCC5)[C@@H]4C3)cc2)cc1. The van der Waals surface area contributed by atoms with E-state index in [1.807, 2.05) is 6.07 Å². The zero-order chi connectivity index (χ0) is 21.6. The molecule has 2 heterocycles. The molecule has 0 bridgehead atoms. The van der Waals surface area contributed by atoms with Crippen LogP contribution in [0.4, 0.5) is 0 Å². The summed E-state index contributed by atoms with van der Waals surface area (Å²) in [7, 11) is 0. The first kappa shape index (κ1) is 21.9. The van der Waals surface area contributed by atoms with Crippen molar-refractivity contribution >= 4 is 0 Å². The highest BCUT2D eigenvalue weighted by atomic mass is 16.5. The smallest absolute Gasteiger partial charge is 0.119 e. The molecular formula is C28H38N2O2. The number of nitrogens with zero attached hydrogens (tertiary/aromatic N) is 2. The van der Waals surface area contributed by atoms with Gasteiger partial charge in [0.05, 0.1) is 6.61 Å². The van der Waals surface area contributed by atoms with Gasteiger partial charge in [-0.05, 0) is 73.4 Å². The van der Waals surface area contributed by atoms with Crippen molar-refractivity contribution in [3.05, 3.63) is 65.7 Å². The third-order valence-electron chi connectivity index (χ3n) is 7.55. The third-order valence-corrected chi connectivity index (χ3v) is 7.55. The van der Waals surface area contributed by atoms with Gasteiger partial charge in [0.25, 0.3) is 0 Å². The molecule has 4 nitrogen and oxygen atoms in total. The van der Waals surface area contributed by atoms with Crippen LogP contribution in [0.5, 0.6) is 5.75 Å². The van der Waals surface area contributed by atoms with Gasteiger partial charge < -0.3 is 14.4 Å². The van der Waals surface area contributed by atoms with Gasteiger partial charge in [-0.2, -0.15) is 0 Å². The molecule has 5 rings (SSSR count). The summed E-state index contributed by atoms with van der Waals surface area (Å²) >= 11 is 0. The molecule has 0 amide bonds. The minimum Gasteiger partial charge on any atom is -0.489 e. The Balaban J connectivity index is 0.951. The fraction of sp³-hybridized carbons (Fsp3) is 0.571. The molecule has 32 heavy (non-hydrogen) atoms. The summed E-state index contributed by atoms with van der Waals surface area (Å²) in [5.74, 6) is 3.49. The first-order valence-electron chi connectivity index (χ1n) is 12.6. The lowest BCUT2D eigenvalue weighted by atomic mass is 10.1. The molecule has 0 unspecified atom stereocenters. The van der Waals surface area contributed by atoms with Gasteiger partial charge in [-0.3, -0.25) is 4.90 Å². The van der Waals surface area contributed by atoms with Crippen LogP contribution in [-0.4, -0.2) is 55.7 Å². The molecule has 172 valence electrons. The van der Waals surface area contributed by atoms with E-state index < -0.39 is 0 Å². The van der Waals surface area contributed by atoms with Crippen LogP contribution in [0.15, 0.2) is 54.6 Å². The first-order valence-corrected chi connectivity index (χ1v) is 12.6. The molecular weight excluding hydrogens is 396 g/mol. The van der Waals surface area contributed by atoms with Crippen molar-refractivity contribution in [2.75, 3.05) is 45.9 Å². The predicted molar refractivity (Wildman–Crippen MR) is 129 cm³/mol. The lowest BCUT2D eigenvalue weighted by molar-refractivity contribution is 0.0967. The van der Waals surface area contributed by atoms with Gasteiger partial charge in [0.1, 0.15) is 12.4 Å². The molecule has 2 saturated heterocycles. The molecule has 4 heteroatoms. The molecule has 3 fully saturated rings. The van der Waals surface area contributed by atoms with Crippen LogP contribution < -0.4 is 4.74 Å². The standard InChI is InChI=1S/C28H38N2O2/c1-3-8-24(9-4-1)21-32-25-12-10-23(11-13-25)18-30-19-26-27(20-30)28(26)22-31-17-7-16-29-14-5-2-6-15-29/h1,3-4,8-13,26-28H,2,5-7,14-22H2/t26-,27+,28+. The van der Waals surface area contributed by atoms with Crippen molar-refractivity contribution in [3.63, 3.8) is 0 Å². The van der Waals surface area contributed by atoms with E-state index in [1.54, 1.807) is 0 Å². The van der Waals surface area contributed by atoms with Gasteiger partial charge in [0.2, 0.25) is 0 Å². The van der Waals surface area contributed by atoms with E-state index >= 15 is 0 Å². The molecule has 0 radical (unpaired) electrons. The van der Waals surface area contributed by atoms with Crippen molar-refractivity contribution in [1.29, 1.82) is 0 Å². The van der Waals surface area contributed by atoms with Gasteiger partial charge in [0.15, 0.2) is 0 Å². The minimum absolute atomic E-state index is 0.622. The average molecular weight is 435 g/mol. The zero-order valence-corrected chi connectivity index (χ0v) is 19.3. The molecule has 1 saturated carbocycles. The molecule has 2 aromatic rings.